The molecule has 2 heterocycles. The molecule has 0 unspecified atom stereocenters. The molecule has 0 atom stereocenters. The summed E-state index contributed by atoms with van der Waals surface area (Å²) in [7, 11) is -7.51. The summed E-state index contributed by atoms with van der Waals surface area (Å²) in [6.45, 7) is 1.90. The van der Waals surface area contributed by atoms with Crippen LogP contribution in [0.3, 0.4) is 0 Å². The summed E-state index contributed by atoms with van der Waals surface area (Å²) >= 11 is 0. The molecule has 2 aromatic rings. The number of sulfonamides is 2. The molecule has 2 aromatic carbocycles. The van der Waals surface area contributed by atoms with Crippen LogP contribution in [-0.4, -0.2) is 59.9 Å². The molecule has 4 rings (SSSR count). The number of anilines is 2. The minimum Gasteiger partial charge on any atom is -0.379 e. The van der Waals surface area contributed by atoms with Gasteiger partial charge in [0.25, 0.3) is 10.0 Å². The van der Waals surface area contributed by atoms with Gasteiger partial charge < -0.3 is 9.64 Å². The minimum absolute atomic E-state index is 0.0286. The molecule has 0 aliphatic carbocycles. The summed E-state index contributed by atoms with van der Waals surface area (Å²) in [5.74, 6) is 0.0286. The van der Waals surface area contributed by atoms with Crippen molar-refractivity contribution in [1.82, 2.24) is 4.31 Å². The van der Waals surface area contributed by atoms with Gasteiger partial charge in [-0.25, -0.2) is 16.8 Å². The smallest absolute Gasteiger partial charge is 0.261 e. The van der Waals surface area contributed by atoms with Crippen molar-refractivity contribution in [3.05, 3.63) is 48.5 Å². The van der Waals surface area contributed by atoms with Gasteiger partial charge in [0.15, 0.2) is 0 Å². The first-order valence-electron chi connectivity index (χ1n) is 9.89. The lowest BCUT2D eigenvalue weighted by Crippen LogP contribution is -2.40. The Balaban J connectivity index is 1.47. The van der Waals surface area contributed by atoms with E-state index in [1.807, 2.05) is 0 Å². The molecule has 11 heteroatoms. The average molecular weight is 466 g/mol. The highest BCUT2D eigenvalue weighted by Crippen LogP contribution is 2.25. The van der Waals surface area contributed by atoms with E-state index in [2.05, 4.69) is 4.72 Å². The van der Waals surface area contributed by atoms with Crippen LogP contribution in [0.2, 0.25) is 0 Å². The standard InChI is InChI=1S/C20H23N3O6S2/c24-20-2-1-11-23(20)17-5-9-18(10-6-17)30(25,26)21-16-3-7-19(8-4-16)31(27,28)22-12-14-29-15-13-22/h3-10,21H,1-2,11-15H2. The molecule has 2 aliphatic heterocycles. The molecule has 2 aliphatic rings. The van der Waals surface area contributed by atoms with Crippen LogP contribution in [0.1, 0.15) is 12.8 Å². The Morgan fingerprint density at radius 1 is 0.806 bits per heavy atom. The maximum absolute atomic E-state index is 12.7. The fraction of sp³-hybridized carbons (Fsp3) is 0.350. The second-order valence-electron chi connectivity index (χ2n) is 7.29. The van der Waals surface area contributed by atoms with E-state index < -0.39 is 20.0 Å². The number of carbonyl (C=O) groups excluding carboxylic acids is 1. The molecule has 2 fully saturated rings. The molecule has 0 aromatic heterocycles. The van der Waals surface area contributed by atoms with Crippen molar-refractivity contribution in [2.45, 2.75) is 22.6 Å². The van der Waals surface area contributed by atoms with Crippen molar-refractivity contribution in [1.29, 1.82) is 0 Å². The minimum atomic E-state index is -3.87. The number of carbonyl (C=O) groups is 1. The van der Waals surface area contributed by atoms with Crippen molar-refractivity contribution >= 4 is 37.3 Å². The third-order valence-electron chi connectivity index (χ3n) is 5.25. The van der Waals surface area contributed by atoms with Gasteiger partial charge in [0.2, 0.25) is 15.9 Å². The Bertz CT molecular complexity index is 1160. The van der Waals surface area contributed by atoms with Crippen LogP contribution in [0.4, 0.5) is 11.4 Å². The first kappa shape index (κ1) is 21.8. The lowest BCUT2D eigenvalue weighted by Gasteiger charge is -2.26. The van der Waals surface area contributed by atoms with Crippen LogP contribution in [0.5, 0.6) is 0 Å². The first-order valence-corrected chi connectivity index (χ1v) is 12.8. The van der Waals surface area contributed by atoms with E-state index in [0.717, 1.165) is 6.42 Å². The molecule has 0 bridgehead atoms. The monoisotopic (exact) mass is 465 g/mol. The van der Waals surface area contributed by atoms with E-state index in [9.17, 15) is 21.6 Å². The number of morpholine rings is 1. The molecule has 166 valence electrons. The van der Waals surface area contributed by atoms with Crippen LogP contribution in [0.25, 0.3) is 0 Å². The van der Waals surface area contributed by atoms with Gasteiger partial charge in [0.05, 0.1) is 23.0 Å². The van der Waals surface area contributed by atoms with Gasteiger partial charge in [-0.3, -0.25) is 9.52 Å². The molecule has 31 heavy (non-hydrogen) atoms. The third-order valence-corrected chi connectivity index (χ3v) is 8.56. The number of hydrogen-bond donors (Lipinski definition) is 1. The van der Waals surface area contributed by atoms with Crippen LogP contribution in [0.15, 0.2) is 58.3 Å². The zero-order chi connectivity index (χ0) is 22.1. The number of amides is 1. The molecule has 1 amide bonds. The summed E-state index contributed by atoms with van der Waals surface area (Å²) in [5.41, 5.74) is 0.916. The molecule has 0 saturated carbocycles. The summed E-state index contributed by atoms with van der Waals surface area (Å²) in [6, 6.07) is 11.7. The molecule has 9 nitrogen and oxygen atoms in total. The normalized spacial score (nSPS) is 18.3. The van der Waals surface area contributed by atoms with Crippen LogP contribution >= 0.6 is 0 Å². The molecule has 1 N–H and O–H groups in total. The Hall–Kier alpha value is -2.47. The highest BCUT2D eigenvalue weighted by Gasteiger charge is 2.26. The van der Waals surface area contributed by atoms with Gasteiger partial charge in [0, 0.05) is 37.4 Å². The number of benzene rings is 2. The SMILES string of the molecule is O=C1CCCN1c1ccc(S(=O)(=O)Nc2ccc(S(=O)(=O)N3CCOCC3)cc2)cc1. The number of rotatable bonds is 6. The highest BCUT2D eigenvalue weighted by atomic mass is 32.2. The Labute approximate surface area is 181 Å². The lowest BCUT2D eigenvalue weighted by molar-refractivity contribution is -0.117. The van der Waals surface area contributed by atoms with Crippen molar-refractivity contribution in [2.24, 2.45) is 0 Å². The van der Waals surface area contributed by atoms with Gasteiger partial charge in [0.1, 0.15) is 0 Å². The van der Waals surface area contributed by atoms with E-state index >= 15 is 0 Å². The van der Waals surface area contributed by atoms with E-state index in [-0.39, 0.29) is 34.5 Å². The highest BCUT2D eigenvalue weighted by molar-refractivity contribution is 7.92. The van der Waals surface area contributed by atoms with Gasteiger partial charge in [-0.2, -0.15) is 4.31 Å². The van der Waals surface area contributed by atoms with Crippen molar-refractivity contribution in [3.63, 3.8) is 0 Å². The predicted octanol–water partition coefficient (Wildman–Crippen LogP) is 1.64. The predicted molar refractivity (Wildman–Crippen MR) is 115 cm³/mol. The van der Waals surface area contributed by atoms with E-state index in [0.29, 0.717) is 31.9 Å². The van der Waals surface area contributed by atoms with E-state index in [1.165, 1.54) is 40.7 Å². The average Bonchev–Trinajstić information content (AvgIpc) is 3.20. The van der Waals surface area contributed by atoms with Crippen molar-refractivity contribution in [3.8, 4) is 0 Å². The zero-order valence-corrected chi connectivity index (χ0v) is 18.4. The largest absolute Gasteiger partial charge is 0.379 e. The number of hydrogen-bond acceptors (Lipinski definition) is 6. The van der Waals surface area contributed by atoms with Crippen molar-refractivity contribution < 1.29 is 26.4 Å². The summed E-state index contributed by atoms with van der Waals surface area (Å²) in [5, 5.41) is 0. The second kappa shape index (κ2) is 8.58. The maximum Gasteiger partial charge on any atom is 0.261 e. The van der Waals surface area contributed by atoms with Crippen LogP contribution in [-0.2, 0) is 29.6 Å². The van der Waals surface area contributed by atoms with Gasteiger partial charge >= 0.3 is 0 Å². The topological polar surface area (TPSA) is 113 Å². The third kappa shape index (κ3) is 4.59. The zero-order valence-electron chi connectivity index (χ0n) is 16.7. The first-order chi connectivity index (χ1) is 14.8. The van der Waals surface area contributed by atoms with Crippen LogP contribution in [0, 0.1) is 0 Å². The van der Waals surface area contributed by atoms with E-state index in [4.69, 9.17) is 4.74 Å². The number of nitrogens with zero attached hydrogens (tertiary/aromatic N) is 2. The molecule has 0 radical (unpaired) electrons. The summed E-state index contributed by atoms with van der Waals surface area (Å²) in [6.07, 6.45) is 1.29. The molecular formula is C20H23N3O6S2. The van der Waals surface area contributed by atoms with Gasteiger partial charge in [-0.15, -0.1) is 0 Å². The second-order valence-corrected chi connectivity index (χ2v) is 10.9. The summed E-state index contributed by atoms with van der Waals surface area (Å²) in [4.78, 5) is 13.6. The number of nitrogens with one attached hydrogen (secondary N) is 1. The Morgan fingerprint density at radius 2 is 1.42 bits per heavy atom. The lowest BCUT2D eigenvalue weighted by atomic mass is 10.3. The number of ether oxygens (including phenoxy) is 1. The van der Waals surface area contributed by atoms with Gasteiger partial charge in [-0.05, 0) is 55.0 Å². The van der Waals surface area contributed by atoms with Gasteiger partial charge in [-0.1, -0.05) is 0 Å². The Morgan fingerprint density at radius 3 is 2.00 bits per heavy atom. The molecule has 2 saturated heterocycles. The fourth-order valence-corrected chi connectivity index (χ4v) is 6.04. The van der Waals surface area contributed by atoms with Crippen LogP contribution < -0.4 is 9.62 Å². The summed E-state index contributed by atoms with van der Waals surface area (Å²) < 4.78 is 59.7. The quantitative estimate of drug-likeness (QED) is 0.694. The van der Waals surface area contributed by atoms with Crippen molar-refractivity contribution in [2.75, 3.05) is 42.5 Å². The maximum atomic E-state index is 12.7. The molecule has 0 spiro atoms. The molecular weight excluding hydrogens is 442 g/mol. The van der Waals surface area contributed by atoms with E-state index in [1.54, 1.807) is 17.0 Å². The Kier molecular flexibility index (Phi) is 6.02. The fourth-order valence-electron chi connectivity index (χ4n) is 3.57.